The van der Waals surface area contributed by atoms with E-state index in [1.54, 1.807) is 0 Å². The molecule has 1 aromatic carbocycles. The molecule has 0 spiro atoms. The maximum absolute atomic E-state index is 5.39. The van der Waals surface area contributed by atoms with Gasteiger partial charge in [0, 0.05) is 12.1 Å². The molecule has 1 N–H and O–H groups in total. The highest BCUT2D eigenvalue weighted by Gasteiger charge is 2.03. The first kappa shape index (κ1) is 12.8. The molecule has 0 aliphatic heterocycles. The fraction of sp³-hybridized carbons (Fsp3) is 0.429. The molecule has 0 atom stereocenters. The van der Waals surface area contributed by atoms with Crippen molar-refractivity contribution < 1.29 is 4.74 Å². The average Bonchev–Trinajstić information content (AvgIpc) is 2.27. The lowest BCUT2D eigenvalue weighted by Crippen LogP contribution is -2.12. The van der Waals surface area contributed by atoms with Crippen LogP contribution in [-0.4, -0.2) is 13.2 Å². The van der Waals surface area contributed by atoms with Crippen LogP contribution in [0.4, 0.5) is 0 Å². The molecular formula is C14H21NO. The van der Waals surface area contributed by atoms with Gasteiger partial charge in [-0.25, -0.2) is 0 Å². The van der Waals surface area contributed by atoms with Crippen LogP contribution in [0.1, 0.15) is 30.5 Å². The van der Waals surface area contributed by atoms with Gasteiger partial charge in [0.2, 0.25) is 0 Å². The van der Waals surface area contributed by atoms with Gasteiger partial charge in [0.05, 0.1) is 6.61 Å². The van der Waals surface area contributed by atoms with Crippen LogP contribution < -0.4 is 5.32 Å². The summed E-state index contributed by atoms with van der Waals surface area (Å²) in [5.41, 5.74) is 3.67. The Labute approximate surface area is 98.3 Å². The van der Waals surface area contributed by atoms with Crippen molar-refractivity contribution in [2.24, 2.45) is 0 Å². The average molecular weight is 219 g/mol. The Bertz CT molecular complexity index is 358. The summed E-state index contributed by atoms with van der Waals surface area (Å²) >= 11 is 0. The van der Waals surface area contributed by atoms with Gasteiger partial charge in [-0.2, -0.15) is 0 Å². The largest absolute Gasteiger partial charge is 0.494 e. The SMILES string of the molecule is C=C(OCC)c1ccc(CNCC)c(C)c1. The zero-order valence-corrected chi connectivity index (χ0v) is 10.5. The number of benzene rings is 1. The van der Waals surface area contributed by atoms with E-state index in [2.05, 4.69) is 43.9 Å². The predicted molar refractivity (Wildman–Crippen MR) is 69.2 cm³/mol. The van der Waals surface area contributed by atoms with Crippen LogP contribution in [0.15, 0.2) is 24.8 Å². The summed E-state index contributed by atoms with van der Waals surface area (Å²) in [5.74, 6) is 0.751. The van der Waals surface area contributed by atoms with Crippen LogP contribution >= 0.6 is 0 Å². The Balaban J connectivity index is 2.78. The van der Waals surface area contributed by atoms with Crippen LogP contribution in [0.25, 0.3) is 5.76 Å². The summed E-state index contributed by atoms with van der Waals surface area (Å²) in [7, 11) is 0. The van der Waals surface area contributed by atoms with Crippen molar-refractivity contribution in [3.8, 4) is 0 Å². The van der Waals surface area contributed by atoms with Crippen molar-refractivity contribution in [3.05, 3.63) is 41.5 Å². The van der Waals surface area contributed by atoms with Crippen LogP contribution in [-0.2, 0) is 11.3 Å². The van der Waals surface area contributed by atoms with Crippen LogP contribution in [0.5, 0.6) is 0 Å². The highest BCUT2D eigenvalue weighted by Crippen LogP contribution is 2.18. The molecule has 0 radical (unpaired) electrons. The number of hydrogen-bond acceptors (Lipinski definition) is 2. The Morgan fingerprint density at radius 3 is 2.69 bits per heavy atom. The lowest BCUT2D eigenvalue weighted by Gasteiger charge is -2.11. The Hall–Kier alpha value is -1.28. The molecule has 2 heteroatoms. The topological polar surface area (TPSA) is 21.3 Å². The van der Waals surface area contributed by atoms with Gasteiger partial charge in [0.15, 0.2) is 0 Å². The molecule has 1 aromatic rings. The molecule has 0 bridgehead atoms. The molecule has 0 aliphatic rings. The van der Waals surface area contributed by atoms with Crippen molar-refractivity contribution in [1.82, 2.24) is 5.32 Å². The number of rotatable bonds is 6. The second-order valence-electron chi connectivity index (χ2n) is 3.78. The number of aryl methyl sites for hydroxylation is 1. The first-order valence-corrected chi connectivity index (χ1v) is 5.81. The molecule has 0 aromatic heterocycles. The summed E-state index contributed by atoms with van der Waals surface area (Å²) in [5, 5.41) is 3.33. The van der Waals surface area contributed by atoms with Gasteiger partial charge in [-0.05, 0) is 37.6 Å². The third kappa shape index (κ3) is 3.38. The van der Waals surface area contributed by atoms with E-state index in [1.165, 1.54) is 11.1 Å². The van der Waals surface area contributed by atoms with Crippen molar-refractivity contribution in [3.63, 3.8) is 0 Å². The van der Waals surface area contributed by atoms with E-state index >= 15 is 0 Å². The van der Waals surface area contributed by atoms with E-state index in [1.807, 2.05) is 6.92 Å². The van der Waals surface area contributed by atoms with E-state index in [0.29, 0.717) is 6.61 Å². The summed E-state index contributed by atoms with van der Waals surface area (Å²) in [6.45, 7) is 12.7. The first-order valence-electron chi connectivity index (χ1n) is 5.81. The zero-order chi connectivity index (χ0) is 12.0. The second kappa shape index (κ2) is 6.33. The number of hydrogen-bond donors (Lipinski definition) is 1. The van der Waals surface area contributed by atoms with Gasteiger partial charge in [-0.15, -0.1) is 0 Å². The maximum atomic E-state index is 5.39. The quantitative estimate of drug-likeness (QED) is 0.742. The highest BCUT2D eigenvalue weighted by atomic mass is 16.5. The third-order valence-corrected chi connectivity index (χ3v) is 2.55. The van der Waals surface area contributed by atoms with Crippen LogP contribution in [0, 0.1) is 6.92 Å². The molecule has 2 nitrogen and oxygen atoms in total. The first-order chi connectivity index (χ1) is 7.69. The summed E-state index contributed by atoms with van der Waals surface area (Å²) in [6, 6.07) is 6.33. The predicted octanol–water partition coefficient (Wildman–Crippen LogP) is 3.11. The van der Waals surface area contributed by atoms with E-state index in [4.69, 9.17) is 4.74 Å². The molecule has 0 unspecified atom stereocenters. The van der Waals surface area contributed by atoms with Gasteiger partial charge in [-0.1, -0.05) is 25.6 Å². The second-order valence-corrected chi connectivity index (χ2v) is 3.78. The van der Waals surface area contributed by atoms with Crippen LogP contribution in [0.3, 0.4) is 0 Å². The van der Waals surface area contributed by atoms with Crippen molar-refractivity contribution in [2.75, 3.05) is 13.2 Å². The minimum absolute atomic E-state index is 0.664. The van der Waals surface area contributed by atoms with E-state index < -0.39 is 0 Å². The van der Waals surface area contributed by atoms with Crippen molar-refractivity contribution >= 4 is 5.76 Å². The Kier molecular flexibility index (Phi) is 5.06. The lowest BCUT2D eigenvalue weighted by atomic mass is 10.0. The standard InChI is InChI=1S/C14H21NO/c1-5-15-10-14-8-7-13(9-11(14)3)12(4)16-6-2/h7-9,15H,4-6,10H2,1-3H3. The summed E-state index contributed by atoms with van der Waals surface area (Å²) in [4.78, 5) is 0. The highest BCUT2D eigenvalue weighted by molar-refractivity contribution is 5.58. The summed E-state index contributed by atoms with van der Waals surface area (Å²) < 4.78 is 5.39. The lowest BCUT2D eigenvalue weighted by molar-refractivity contribution is 0.299. The minimum atomic E-state index is 0.664. The van der Waals surface area contributed by atoms with Gasteiger partial charge in [0.1, 0.15) is 5.76 Å². The summed E-state index contributed by atoms with van der Waals surface area (Å²) in [6.07, 6.45) is 0. The van der Waals surface area contributed by atoms with E-state index in [-0.39, 0.29) is 0 Å². The monoisotopic (exact) mass is 219 g/mol. The molecule has 1 rings (SSSR count). The number of ether oxygens (including phenoxy) is 1. The van der Waals surface area contributed by atoms with Crippen molar-refractivity contribution in [1.29, 1.82) is 0 Å². The fourth-order valence-corrected chi connectivity index (χ4v) is 1.58. The van der Waals surface area contributed by atoms with Gasteiger partial charge >= 0.3 is 0 Å². The van der Waals surface area contributed by atoms with E-state index in [0.717, 1.165) is 24.4 Å². The third-order valence-electron chi connectivity index (χ3n) is 2.55. The molecule has 16 heavy (non-hydrogen) atoms. The normalized spacial score (nSPS) is 10.2. The molecule has 0 saturated heterocycles. The smallest absolute Gasteiger partial charge is 0.119 e. The molecule has 88 valence electrons. The van der Waals surface area contributed by atoms with Gasteiger partial charge in [0.25, 0.3) is 0 Å². The number of nitrogens with one attached hydrogen (secondary N) is 1. The minimum Gasteiger partial charge on any atom is -0.494 e. The molecular weight excluding hydrogens is 198 g/mol. The molecule has 0 aliphatic carbocycles. The molecule has 0 saturated carbocycles. The fourth-order valence-electron chi connectivity index (χ4n) is 1.58. The van der Waals surface area contributed by atoms with Gasteiger partial charge in [-0.3, -0.25) is 0 Å². The molecule has 0 heterocycles. The Morgan fingerprint density at radius 2 is 2.12 bits per heavy atom. The molecule has 0 amide bonds. The molecule has 0 fully saturated rings. The maximum Gasteiger partial charge on any atom is 0.119 e. The van der Waals surface area contributed by atoms with E-state index in [9.17, 15) is 0 Å². The Morgan fingerprint density at radius 1 is 1.38 bits per heavy atom. The van der Waals surface area contributed by atoms with Crippen molar-refractivity contribution in [2.45, 2.75) is 27.3 Å². The van der Waals surface area contributed by atoms with Crippen LogP contribution in [0.2, 0.25) is 0 Å². The van der Waals surface area contributed by atoms with Gasteiger partial charge < -0.3 is 10.1 Å². The zero-order valence-electron chi connectivity index (χ0n) is 10.5.